The van der Waals surface area contributed by atoms with Crippen LogP contribution in [0.4, 0.5) is 0 Å². The molecule has 7 aromatic rings. The quantitative estimate of drug-likeness (QED) is 0.0831. The van der Waals surface area contributed by atoms with Crippen molar-refractivity contribution in [1.82, 2.24) is 45.5 Å². The number of nitrogens with one attached hydrogen (secondary N) is 4. The summed E-state index contributed by atoms with van der Waals surface area (Å²) >= 11 is 0. The molecule has 288 valence electrons. The highest BCUT2D eigenvalue weighted by atomic mass is 16.2. The monoisotopic (exact) mass is 775 g/mol. The minimum absolute atomic E-state index is 0.0852. The van der Waals surface area contributed by atoms with Gasteiger partial charge in [0.25, 0.3) is 5.91 Å². The molecule has 0 saturated heterocycles. The van der Waals surface area contributed by atoms with E-state index in [1.807, 2.05) is 65.5 Å². The highest BCUT2D eigenvalue weighted by Crippen LogP contribution is 2.38. The number of hydrogen-bond acceptors (Lipinski definition) is 7. The summed E-state index contributed by atoms with van der Waals surface area (Å²) in [6.45, 7) is 2.62. The lowest BCUT2D eigenvalue weighted by Gasteiger charge is -2.07. The van der Waals surface area contributed by atoms with Crippen molar-refractivity contribution in [3.05, 3.63) is 145 Å². The van der Waals surface area contributed by atoms with E-state index < -0.39 is 0 Å². The van der Waals surface area contributed by atoms with Crippen LogP contribution in [0.15, 0.2) is 122 Å². The molecular weight excluding hydrogens is 737 g/mol. The summed E-state index contributed by atoms with van der Waals surface area (Å²) in [6.07, 6.45) is 23.5. The van der Waals surface area contributed by atoms with Crippen LogP contribution in [0.2, 0.25) is 0 Å². The summed E-state index contributed by atoms with van der Waals surface area (Å²) in [5, 5.41) is 5.68. The first-order valence-corrected chi connectivity index (χ1v) is 19.4. The molecule has 12 nitrogen and oxygen atoms in total. The fourth-order valence-electron chi connectivity index (χ4n) is 7.51. The van der Waals surface area contributed by atoms with E-state index in [1.54, 1.807) is 37.2 Å². The Hall–Kier alpha value is -7.86. The van der Waals surface area contributed by atoms with Gasteiger partial charge in [-0.05, 0) is 114 Å². The first kappa shape index (κ1) is 36.8. The second kappa shape index (κ2) is 16.3. The predicted octanol–water partition coefficient (Wildman–Crippen LogP) is 7.44. The molecule has 0 unspecified atom stereocenters. The number of aromatic amines is 2. The molecular formula is C47H39N10O2+. The van der Waals surface area contributed by atoms with Crippen LogP contribution in [0.1, 0.15) is 36.1 Å². The fourth-order valence-corrected chi connectivity index (χ4v) is 7.51. The number of carbonyl (C=O) groups is 2. The molecule has 7 aromatic heterocycles. The third kappa shape index (κ3) is 7.79. The lowest BCUT2D eigenvalue weighted by molar-refractivity contribution is -0.684. The lowest BCUT2D eigenvalue weighted by Crippen LogP contribution is -2.42. The van der Waals surface area contributed by atoms with Crippen molar-refractivity contribution in [1.29, 1.82) is 0 Å². The number of fused-ring (bicyclic) bond motifs is 8. The smallest absolute Gasteiger partial charge is 0.285 e. The van der Waals surface area contributed by atoms with Gasteiger partial charge in [0.05, 0.1) is 22.8 Å². The molecule has 12 heteroatoms. The minimum Gasteiger partial charge on any atom is -0.356 e. The van der Waals surface area contributed by atoms with Gasteiger partial charge < -0.3 is 20.6 Å². The highest BCUT2D eigenvalue weighted by Gasteiger charge is 2.20. The van der Waals surface area contributed by atoms with Gasteiger partial charge in [-0.15, -0.1) is 0 Å². The van der Waals surface area contributed by atoms with Gasteiger partial charge in [0.2, 0.25) is 12.5 Å². The summed E-state index contributed by atoms with van der Waals surface area (Å²) in [4.78, 5) is 55.0. The van der Waals surface area contributed by atoms with Crippen molar-refractivity contribution < 1.29 is 14.2 Å². The van der Waals surface area contributed by atoms with E-state index in [9.17, 15) is 9.59 Å². The summed E-state index contributed by atoms with van der Waals surface area (Å²) in [5.41, 5.74) is 14.2. The summed E-state index contributed by atoms with van der Waals surface area (Å²) in [5.74, 6) is -0.196. The number of nitrogens with zero attached hydrogens (tertiary/aromatic N) is 6. The molecule has 0 radical (unpaired) electrons. The van der Waals surface area contributed by atoms with E-state index in [2.05, 4.69) is 84.1 Å². The van der Waals surface area contributed by atoms with Crippen LogP contribution in [0.25, 0.3) is 90.9 Å². The number of pyridine rings is 4. The zero-order valence-electron chi connectivity index (χ0n) is 32.2. The maximum atomic E-state index is 12.8. The summed E-state index contributed by atoms with van der Waals surface area (Å²) in [6, 6.07) is 24.3. The Kier molecular flexibility index (Phi) is 10.2. The highest BCUT2D eigenvalue weighted by molar-refractivity contribution is 5.99. The predicted molar refractivity (Wildman–Crippen MR) is 230 cm³/mol. The van der Waals surface area contributed by atoms with Gasteiger partial charge in [-0.2, -0.15) is 4.57 Å². The van der Waals surface area contributed by atoms with Crippen LogP contribution in [-0.2, 0) is 16.1 Å². The third-order valence-electron chi connectivity index (χ3n) is 10.2. The number of aromatic nitrogens is 8. The lowest BCUT2D eigenvalue weighted by atomic mass is 10.0. The Balaban J connectivity index is 1.26. The van der Waals surface area contributed by atoms with E-state index >= 15 is 0 Å². The first-order chi connectivity index (χ1) is 29.0. The van der Waals surface area contributed by atoms with Gasteiger partial charge in [0, 0.05) is 114 Å². The van der Waals surface area contributed by atoms with E-state index in [0.717, 1.165) is 89.4 Å². The van der Waals surface area contributed by atoms with Gasteiger partial charge in [-0.1, -0.05) is 0 Å². The van der Waals surface area contributed by atoms with Gasteiger partial charge in [-0.3, -0.25) is 24.5 Å². The van der Waals surface area contributed by atoms with Gasteiger partial charge in [0.1, 0.15) is 0 Å². The van der Waals surface area contributed by atoms with Gasteiger partial charge >= 0.3 is 0 Å². The average Bonchev–Trinajstić information content (AvgIpc) is 4.11. The molecule has 0 aromatic carbocycles. The van der Waals surface area contributed by atoms with E-state index in [4.69, 9.17) is 9.97 Å². The van der Waals surface area contributed by atoms with E-state index in [1.165, 1.54) is 6.92 Å². The summed E-state index contributed by atoms with van der Waals surface area (Å²) in [7, 11) is 0. The molecule has 9 heterocycles. The Morgan fingerprint density at radius 3 is 1.24 bits per heavy atom. The van der Waals surface area contributed by atoms with Crippen LogP contribution < -0.4 is 15.2 Å². The molecule has 2 aliphatic rings. The number of rotatable bonds is 10. The molecule has 0 aliphatic carbocycles. The number of H-pyrrole nitrogens is 2. The van der Waals surface area contributed by atoms with Crippen LogP contribution in [0, 0.1) is 0 Å². The molecule has 59 heavy (non-hydrogen) atoms. The van der Waals surface area contributed by atoms with Crippen molar-refractivity contribution in [3.8, 4) is 44.5 Å². The van der Waals surface area contributed by atoms with Crippen molar-refractivity contribution in [2.45, 2.75) is 19.9 Å². The average molecular weight is 776 g/mol. The Morgan fingerprint density at radius 2 is 0.864 bits per heavy atom. The zero-order chi connectivity index (χ0) is 40.1. The molecule has 2 amide bonds. The first-order valence-electron chi connectivity index (χ1n) is 19.4. The maximum Gasteiger partial charge on any atom is 0.285 e. The van der Waals surface area contributed by atoms with Crippen LogP contribution in [0.3, 0.4) is 0 Å². The minimum atomic E-state index is -0.111. The second-order valence-electron chi connectivity index (χ2n) is 14.2. The number of amides is 2. The molecule has 4 N–H and O–H groups in total. The van der Waals surface area contributed by atoms with Crippen LogP contribution in [-0.4, -0.2) is 59.8 Å². The molecule has 8 bridgehead atoms. The maximum absolute atomic E-state index is 12.8. The van der Waals surface area contributed by atoms with Gasteiger partial charge in [-0.25, -0.2) is 9.97 Å². The Labute approximate surface area is 339 Å². The van der Waals surface area contributed by atoms with E-state index in [0.29, 0.717) is 19.5 Å². The molecule has 2 aliphatic heterocycles. The van der Waals surface area contributed by atoms with Crippen molar-refractivity contribution in [2.75, 3.05) is 13.1 Å². The zero-order valence-corrected chi connectivity index (χ0v) is 32.2. The normalized spacial score (nSPS) is 11.7. The Morgan fingerprint density at radius 1 is 0.508 bits per heavy atom. The Bertz CT molecular complexity index is 2880. The molecule has 0 spiro atoms. The number of hydrogen-bond donors (Lipinski definition) is 4. The molecule has 9 rings (SSSR count). The summed E-state index contributed by atoms with van der Waals surface area (Å²) < 4.78 is 1.84. The van der Waals surface area contributed by atoms with Crippen molar-refractivity contribution >= 4 is 58.2 Å². The standard InChI is InChI=1S/C47H38N10O2/c1-30(58)51-19-2-20-52-43(59)29-57-27-17-34(18-28-57)47-41-9-7-39(55-41)45(32-13-23-49-24-14-32)37-5-3-35(53-37)44(31-11-21-48-22-12-31)36-4-6-38(54-36)46(33-15-25-50-26-16-33)40-8-10-42(47)56-40/h3-18,21-28H,2,19-20,29H2,1H3,(H3,51,52,53,54,55,56,58,59)/p+1. The molecule has 0 atom stereocenters. The van der Waals surface area contributed by atoms with Gasteiger partial charge in [0.15, 0.2) is 12.4 Å². The van der Waals surface area contributed by atoms with Crippen molar-refractivity contribution in [3.63, 3.8) is 0 Å². The third-order valence-corrected chi connectivity index (χ3v) is 10.2. The SMILES string of the molecule is CC(=O)NCCCNC(=O)C[n+]1ccc(-c2c3nc(c(-c4ccncc4)c4ccc([nH]4)c(-c4ccncc4)c4nc(c(-c5ccncc5)c5ccc2[nH]5)C=C4)C=C3)cc1. The van der Waals surface area contributed by atoms with Crippen LogP contribution >= 0.6 is 0 Å². The molecule has 0 saturated carbocycles. The fraction of sp³-hybridized carbons (Fsp3) is 0.106. The van der Waals surface area contributed by atoms with Crippen LogP contribution in [0.5, 0.6) is 0 Å². The topological polar surface area (TPSA) is 158 Å². The van der Waals surface area contributed by atoms with E-state index in [-0.39, 0.29) is 18.4 Å². The number of carbonyl (C=O) groups excluding carboxylic acids is 2. The largest absolute Gasteiger partial charge is 0.356 e. The van der Waals surface area contributed by atoms with Crippen molar-refractivity contribution in [2.24, 2.45) is 0 Å². The molecule has 0 fully saturated rings. The second-order valence-corrected chi connectivity index (χ2v) is 14.2.